The van der Waals surface area contributed by atoms with Crippen molar-refractivity contribution in [1.82, 2.24) is 15.0 Å². The molecule has 1 aromatic carbocycles. The van der Waals surface area contributed by atoms with Crippen LogP contribution in [-0.2, 0) is 17.6 Å². The molecule has 2 N–H and O–H groups in total. The molecule has 0 saturated heterocycles. The van der Waals surface area contributed by atoms with E-state index in [1.165, 1.54) is 35.5 Å². The predicted octanol–water partition coefficient (Wildman–Crippen LogP) is 3.71. The Balaban J connectivity index is 1.51. The third-order valence-corrected chi connectivity index (χ3v) is 4.77. The van der Waals surface area contributed by atoms with Gasteiger partial charge in [-0.25, -0.2) is 9.97 Å². The monoisotopic (exact) mass is 395 g/mol. The number of hydrogen-bond acceptors (Lipinski definition) is 6. The SMILES string of the molecule is CCCCc1ccc(NC(=O)Cc2csc(NC(=O)c3cnccn3)n2)cc1. The molecule has 0 aliphatic carbocycles. The molecule has 3 aromatic rings. The Morgan fingerprint density at radius 2 is 1.93 bits per heavy atom. The van der Waals surface area contributed by atoms with E-state index < -0.39 is 0 Å². The first-order valence-electron chi connectivity index (χ1n) is 9.04. The standard InChI is InChI=1S/C20H21N5O2S/c1-2-3-4-14-5-7-15(8-6-14)23-18(26)11-16-13-28-20(24-16)25-19(27)17-12-21-9-10-22-17/h5-10,12-13H,2-4,11H2,1H3,(H,23,26)(H,24,25,27). The van der Waals surface area contributed by atoms with Crippen molar-refractivity contribution < 1.29 is 9.59 Å². The maximum absolute atomic E-state index is 12.2. The van der Waals surface area contributed by atoms with Gasteiger partial charge >= 0.3 is 0 Å². The fourth-order valence-electron chi connectivity index (χ4n) is 2.53. The normalized spacial score (nSPS) is 10.5. The van der Waals surface area contributed by atoms with Crippen molar-refractivity contribution in [1.29, 1.82) is 0 Å². The lowest BCUT2D eigenvalue weighted by Crippen LogP contribution is -2.15. The minimum Gasteiger partial charge on any atom is -0.326 e. The van der Waals surface area contributed by atoms with Gasteiger partial charge in [0.1, 0.15) is 5.69 Å². The number of nitrogens with zero attached hydrogens (tertiary/aromatic N) is 3. The number of thiazole rings is 1. The highest BCUT2D eigenvalue weighted by molar-refractivity contribution is 7.14. The average molecular weight is 395 g/mol. The number of unbranched alkanes of at least 4 members (excludes halogenated alkanes) is 1. The molecule has 0 unspecified atom stereocenters. The van der Waals surface area contributed by atoms with Gasteiger partial charge in [0.25, 0.3) is 5.91 Å². The minimum absolute atomic E-state index is 0.134. The van der Waals surface area contributed by atoms with Crippen LogP contribution in [0.4, 0.5) is 10.8 Å². The van der Waals surface area contributed by atoms with E-state index in [9.17, 15) is 9.59 Å². The number of amides is 2. The van der Waals surface area contributed by atoms with Gasteiger partial charge < -0.3 is 5.32 Å². The lowest BCUT2D eigenvalue weighted by atomic mass is 10.1. The van der Waals surface area contributed by atoms with E-state index in [2.05, 4.69) is 32.5 Å². The van der Waals surface area contributed by atoms with Gasteiger partial charge in [-0.05, 0) is 30.5 Å². The summed E-state index contributed by atoms with van der Waals surface area (Å²) < 4.78 is 0. The summed E-state index contributed by atoms with van der Waals surface area (Å²) in [6.07, 6.45) is 7.82. The van der Waals surface area contributed by atoms with Gasteiger partial charge in [0.15, 0.2) is 5.13 Å². The van der Waals surface area contributed by atoms with E-state index in [1.54, 1.807) is 5.38 Å². The summed E-state index contributed by atoms with van der Waals surface area (Å²) in [6.45, 7) is 2.17. The van der Waals surface area contributed by atoms with Crippen LogP contribution in [0.15, 0.2) is 48.2 Å². The van der Waals surface area contributed by atoms with Crippen molar-refractivity contribution in [3.63, 3.8) is 0 Å². The van der Waals surface area contributed by atoms with Crippen molar-refractivity contribution in [3.05, 3.63) is 65.2 Å². The van der Waals surface area contributed by atoms with Gasteiger partial charge in [0.2, 0.25) is 5.91 Å². The number of carbonyl (C=O) groups is 2. The summed E-state index contributed by atoms with van der Waals surface area (Å²) in [5.41, 5.74) is 2.83. The fourth-order valence-corrected chi connectivity index (χ4v) is 3.23. The van der Waals surface area contributed by atoms with Crippen LogP contribution in [-0.4, -0.2) is 26.8 Å². The number of aryl methyl sites for hydroxylation is 1. The summed E-state index contributed by atoms with van der Waals surface area (Å²) in [5.74, 6) is -0.542. The van der Waals surface area contributed by atoms with Crippen LogP contribution in [0, 0.1) is 0 Å². The average Bonchev–Trinajstić information content (AvgIpc) is 3.14. The third kappa shape index (κ3) is 5.68. The molecule has 0 spiro atoms. The van der Waals surface area contributed by atoms with Crippen LogP contribution >= 0.6 is 11.3 Å². The first-order valence-corrected chi connectivity index (χ1v) is 9.92. The van der Waals surface area contributed by atoms with Crippen LogP contribution in [0.3, 0.4) is 0 Å². The van der Waals surface area contributed by atoms with Crippen LogP contribution < -0.4 is 10.6 Å². The Hall–Kier alpha value is -3.13. The largest absolute Gasteiger partial charge is 0.326 e. The number of aromatic nitrogens is 3. The summed E-state index contributed by atoms with van der Waals surface area (Å²) in [5, 5.41) is 7.69. The van der Waals surface area contributed by atoms with Gasteiger partial charge in [-0.15, -0.1) is 11.3 Å². The molecular formula is C20H21N5O2S. The Kier molecular flexibility index (Phi) is 6.80. The smallest absolute Gasteiger partial charge is 0.277 e. The van der Waals surface area contributed by atoms with Gasteiger partial charge in [-0.3, -0.25) is 19.9 Å². The Bertz CT molecular complexity index is 925. The van der Waals surface area contributed by atoms with Crippen molar-refractivity contribution in [3.8, 4) is 0 Å². The second kappa shape index (κ2) is 9.70. The lowest BCUT2D eigenvalue weighted by molar-refractivity contribution is -0.115. The highest BCUT2D eigenvalue weighted by Gasteiger charge is 2.12. The van der Waals surface area contributed by atoms with E-state index in [0.29, 0.717) is 10.8 Å². The van der Waals surface area contributed by atoms with Crippen molar-refractivity contribution >= 4 is 34.0 Å². The van der Waals surface area contributed by atoms with Crippen LogP contribution in [0.25, 0.3) is 0 Å². The molecule has 2 amide bonds. The number of hydrogen-bond donors (Lipinski definition) is 2. The van der Waals surface area contributed by atoms with Crippen LogP contribution in [0.2, 0.25) is 0 Å². The molecule has 0 radical (unpaired) electrons. The molecule has 2 heterocycles. The first kappa shape index (κ1) is 19.6. The molecule has 0 aliphatic rings. The molecule has 7 nitrogen and oxygen atoms in total. The number of anilines is 2. The highest BCUT2D eigenvalue weighted by Crippen LogP contribution is 2.17. The van der Waals surface area contributed by atoms with Crippen molar-refractivity contribution in [2.75, 3.05) is 10.6 Å². The van der Waals surface area contributed by atoms with E-state index in [4.69, 9.17) is 0 Å². The maximum Gasteiger partial charge on any atom is 0.277 e. The first-order chi connectivity index (χ1) is 13.6. The molecule has 144 valence electrons. The second-order valence-corrected chi connectivity index (χ2v) is 7.07. The van der Waals surface area contributed by atoms with Gasteiger partial charge in [0, 0.05) is 23.5 Å². The zero-order valence-corrected chi connectivity index (χ0v) is 16.3. The van der Waals surface area contributed by atoms with Gasteiger partial charge in [-0.1, -0.05) is 25.5 Å². The molecule has 0 atom stereocenters. The highest BCUT2D eigenvalue weighted by atomic mass is 32.1. The molecule has 0 fully saturated rings. The second-order valence-electron chi connectivity index (χ2n) is 6.21. The molecule has 0 saturated carbocycles. The number of nitrogens with one attached hydrogen (secondary N) is 2. The number of benzene rings is 1. The molecule has 28 heavy (non-hydrogen) atoms. The lowest BCUT2D eigenvalue weighted by Gasteiger charge is -2.06. The summed E-state index contributed by atoms with van der Waals surface area (Å²) in [6, 6.07) is 7.90. The summed E-state index contributed by atoms with van der Waals surface area (Å²) in [4.78, 5) is 36.4. The zero-order valence-electron chi connectivity index (χ0n) is 15.5. The minimum atomic E-state index is -0.387. The zero-order chi connectivity index (χ0) is 19.8. The predicted molar refractivity (Wildman–Crippen MR) is 109 cm³/mol. The van der Waals surface area contributed by atoms with E-state index in [-0.39, 0.29) is 23.9 Å². The Morgan fingerprint density at radius 1 is 1.11 bits per heavy atom. The van der Waals surface area contributed by atoms with E-state index >= 15 is 0 Å². The Morgan fingerprint density at radius 3 is 2.64 bits per heavy atom. The third-order valence-electron chi connectivity index (χ3n) is 3.97. The maximum atomic E-state index is 12.2. The summed E-state index contributed by atoms with van der Waals surface area (Å²) >= 11 is 1.26. The van der Waals surface area contributed by atoms with Gasteiger partial charge in [0.05, 0.1) is 18.3 Å². The molecule has 2 aromatic heterocycles. The quantitative estimate of drug-likeness (QED) is 0.606. The van der Waals surface area contributed by atoms with E-state index in [0.717, 1.165) is 24.9 Å². The van der Waals surface area contributed by atoms with Crippen LogP contribution in [0.5, 0.6) is 0 Å². The van der Waals surface area contributed by atoms with Gasteiger partial charge in [-0.2, -0.15) is 0 Å². The molecule has 0 bridgehead atoms. The molecule has 8 heteroatoms. The topological polar surface area (TPSA) is 96.9 Å². The van der Waals surface area contributed by atoms with Crippen molar-refractivity contribution in [2.45, 2.75) is 32.6 Å². The number of carbonyl (C=O) groups excluding carboxylic acids is 2. The molecular weight excluding hydrogens is 374 g/mol. The number of rotatable bonds is 8. The Labute approximate surface area is 167 Å². The molecule has 3 rings (SSSR count). The van der Waals surface area contributed by atoms with Crippen molar-refractivity contribution in [2.24, 2.45) is 0 Å². The fraction of sp³-hybridized carbons (Fsp3) is 0.250. The van der Waals surface area contributed by atoms with E-state index in [1.807, 2.05) is 24.3 Å². The summed E-state index contributed by atoms with van der Waals surface area (Å²) in [7, 11) is 0. The van der Waals surface area contributed by atoms with Crippen LogP contribution in [0.1, 0.15) is 41.5 Å². The molecule has 0 aliphatic heterocycles.